The molecule has 162 valence electrons. The van der Waals surface area contributed by atoms with Gasteiger partial charge in [-0.05, 0) is 24.5 Å². The highest BCUT2D eigenvalue weighted by molar-refractivity contribution is 7.88. The van der Waals surface area contributed by atoms with Gasteiger partial charge in [0.05, 0.1) is 12.8 Å². The van der Waals surface area contributed by atoms with Crippen LogP contribution in [-0.4, -0.2) is 61.9 Å². The molecule has 0 unspecified atom stereocenters. The molecule has 0 bridgehead atoms. The molecule has 2 rings (SSSR count). The molecule has 2 amide bonds. The van der Waals surface area contributed by atoms with Crippen LogP contribution in [0.4, 0.5) is 0 Å². The predicted molar refractivity (Wildman–Crippen MR) is 117 cm³/mol. The zero-order chi connectivity index (χ0) is 22.1. The second-order valence-corrected chi connectivity index (χ2v) is 9.32. The second kappa shape index (κ2) is 10.9. The number of likely N-dealkylation sites (N-methyl/N-ethyl adjacent to an activating group) is 1. The van der Waals surface area contributed by atoms with Gasteiger partial charge < -0.3 is 10.2 Å². The van der Waals surface area contributed by atoms with Crippen LogP contribution in [0.3, 0.4) is 0 Å². The number of hydrogen-bond donors (Lipinski definition) is 1. The zero-order valence-electron chi connectivity index (χ0n) is 17.6. The number of nitrogens with one attached hydrogen (secondary N) is 1. The Morgan fingerprint density at radius 2 is 1.50 bits per heavy atom. The molecule has 0 aromatic heterocycles. The third-order valence-corrected chi connectivity index (χ3v) is 6.10. The number of benzene rings is 2. The molecule has 2 aromatic rings. The smallest absolute Gasteiger partial charge is 0.242 e. The van der Waals surface area contributed by atoms with E-state index in [-0.39, 0.29) is 19.0 Å². The van der Waals surface area contributed by atoms with Crippen LogP contribution in [-0.2, 0) is 32.6 Å². The van der Waals surface area contributed by atoms with Crippen molar-refractivity contribution in [2.24, 2.45) is 0 Å². The van der Waals surface area contributed by atoms with E-state index in [0.29, 0.717) is 13.0 Å². The third kappa shape index (κ3) is 7.27. The van der Waals surface area contributed by atoms with Crippen molar-refractivity contribution in [3.63, 3.8) is 0 Å². The lowest BCUT2D eigenvalue weighted by atomic mass is 10.1. The lowest BCUT2D eigenvalue weighted by molar-refractivity contribution is -0.140. The number of nitrogens with zero attached hydrogens (tertiary/aromatic N) is 2. The second-order valence-electron chi connectivity index (χ2n) is 7.23. The van der Waals surface area contributed by atoms with E-state index in [0.717, 1.165) is 21.7 Å². The minimum atomic E-state index is -3.51. The monoisotopic (exact) mass is 431 g/mol. The van der Waals surface area contributed by atoms with Crippen molar-refractivity contribution in [1.82, 2.24) is 14.5 Å². The van der Waals surface area contributed by atoms with E-state index in [2.05, 4.69) is 5.32 Å². The Kier molecular flexibility index (Phi) is 8.56. The van der Waals surface area contributed by atoms with Crippen molar-refractivity contribution < 1.29 is 18.0 Å². The first-order chi connectivity index (χ1) is 14.2. The first-order valence-electron chi connectivity index (χ1n) is 9.75. The molecular weight excluding hydrogens is 402 g/mol. The summed E-state index contributed by atoms with van der Waals surface area (Å²) in [4.78, 5) is 27.0. The van der Waals surface area contributed by atoms with Gasteiger partial charge in [-0.15, -0.1) is 0 Å². The minimum absolute atomic E-state index is 0.213. The van der Waals surface area contributed by atoms with Crippen molar-refractivity contribution in [1.29, 1.82) is 0 Å². The van der Waals surface area contributed by atoms with E-state index < -0.39 is 22.0 Å². The van der Waals surface area contributed by atoms with E-state index in [1.165, 1.54) is 11.9 Å². The SMILES string of the molecule is C[C@H](C(=O)NCCc1ccccc1)N(Cc1ccccc1)C(=O)CN(C)S(C)(=O)=O. The quantitative estimate of drug-likeness (QED) is 0.620. The third-order valence-electron chi connectivity index (χ3n) is 4.84. The van der Waals surface area contributed by atoms with E-state index in [4.69, 9.17) is 0 Å². The van der Waals surface area contributed by atoms with Gasteiger partial charge in [0.25, 0.3) is 0 Å². The predicted octanol–water partition coefficient (Wildman–Crippen LogP) is 1.65. The molecule has 8 heteroatoms. The normalized spacial score (nSPS) is 12.4. The van der Waals surface area contributed by atoms with Crippen molar-refractivity contribution in [2.45, 2.75) is 25.9 Å². The summed E-state index contributed by atoms with van der Waals surface area (Å²) in [6.07, 6.45) is 1.73. The number of hydrogen-bond acceptors (Lipinski definition) is 4. The van der Waals surface area contributed by atoms with Gasteiger partial charge in [-0.2, -0.15) is 4.31 Å². The van der Waals surface area contributed by atoms with Crippen LogP contribution in [0.1, 0.15) is 18.1 Å². The van der Waals surface area contributed by atoms with Gasteiger partial charge in [-0.25, -0.2) is 8.42 Å². The fraction of sp³-hybridized carbons (Fsp3) is 0.364. The van der Waals surface area contributed by atoms with Gasteiger partial charge in [-0.3, -0.25) is 9.59 Å². The van der Waals surface area contributed by atoms with Crippen molar-refractivity contribution >= 4 is 21.8 Å². The number of carbonyl (C=O) groups excluding carboxylic acids is 2. The summed E-state index contributed by atoms with van der Waals surface area (Å²) in [5.41, 5.74) is 1.97. The van der Waals surface area contributed by atoms with Crippen LogP contribution in [0.15, 0.2) is 60.7 Å². The Bertz CT molecular complexity index is 933. The first kappa shape index (κ1) is 23.6. The van der Waals surface area contributed by atoms with Gasteiger partial charge >= 0.3 is 0 Å². The van der Waals surface area contributed by atoms with Crippen molar-refractivity contribution in [3.05, 3.63) is 71.8 Å². The average Bonchev–Trinajstić information content (AvgIpc) is 2.72. The average molecular weight is 432 g/mol. The Morgan fingerprint density at radius 1 is 0.967 bits per heavy atom. The number of carbonyl (C=O) groups is 2. The number of amides is 2. The zero-order valence-corrected chi connectivity index (χ0v) is 18.4. The largest absolute Gasteiger partial charge is 0.354 e. The fourth-order valence-electron chi connectivity index (χ4n) is 2.88. The summed E-state index contributed by atoms with van der Waals surface area (Å²) in [6, 6.07) is 18.3. The Labute approximate surface area is 178 Å². The summed E-state index contributed by atoms with van der Waals surface area (Å²) in [5.74, 6) is -0.713. The maximum absolute atomic E-state index is 12.9. The highest BCUT2D eigenvalue weighted by atomic mass is 32.2. The van der Waals surface area contributed by atoms with Gasteiger partial charge in [-0.1, -0.05) is 60.7 Å². The minimum Gasteiger partial charge on any atom is -0.354 e. The first-order valence-corrected chi connectivity index (χ1v) is 11.6. The molecular formula is C22H29N3O4S. The lowest BCUT2D eigenvalue weighted by Crippen LogP contribution is -2.50. The Morgan fingerprint density at radius 3 is 2.03 bits per heavy atom. The summed E-state index contributed by atoms with van der Waals surface area (Å²) >= 11 is 0. The highest BCUT2D eigenvalue weighted by Gasteiger charge is 2.28. The molecule has 0 spiro atoms. The van der Waals surface area contributed by atoms with Gasteiger partial charge in [0.2, 0.25) is 21.8 Å². The lowest BCUT2D eigenvalue weighted by Gasteiger charge is -2.30. The number of rotatable bonds is 10. The van der Waals surface area contributed by atoms with Crippen LogP contribution < -0.4 is 5.32 Å². The Hall–Kier alpha value is -2.71. The van der Waals surface area contributed by atoms with E-state index >= 15 is 0 Å². The molecule has 1 atom stereocenters. The van der Waals surface area contributed by atoms with Gasteiger partial charge in [0.15, 0.2) is 0 Å². The van der Waals surface area contributed by atoms with Gasteiger partial charge in [0, 0.05) is 20.1 Å². The highest BCUT2D eigenvalue weighted by Crippen LogP contribution is 2.11. The molecule has 0 aliphatic heterocycles. The maximum atomic E-state index is 12.9. The van der Waals surface area contributed by atoms with Crippen LogP contribution >= 0.6 is 0 Å². The molecule has 0 heterocycles. The molecule has 0 saturated heterocycles. The summed E-state index contributed by atoms with van der Waals surface area (Å²) in [7, 11) is -2.16. The van der Waals surface area contributed by atoms with Crippen molar-refractivity contribution in [2.75, 3.05) is 26.4 Å². The molecule has 30 heavy (non-hydrogen) atoms. The van der Waals surface area contributed by atoms with Crippen LogP contribution in [0.2, 0.25) is 0 Å². The van der Waals surface area contributed by atoms with Gasteiger partial charge in [0.1, 0.15) is 6.04 Å². The Balaban J connectivity index is 2.07. The van der Waals surface area contributed by atoms with Crippen LogP contribution in [0.25, 0.3) is 0 Å². The van der Waals surface area contributed by atoms with E-state index in [9.17, 15) is 18.0 Å². The van der Waals surface area contributed by atoms with Crippen LogP contribution in [0, 0.1) is 0 Å². The summed E-state index contributed by atoms with van der Waals surface area (Å²) < 4.78 is 24.4. The molecule has 7 nitrogen and oxygen atoms in total. The molecule has 0 fully saturated rings. The molecule has 0 aliphatic rings. The molecule has 1 N–H and O–H groups in total. The molecule has 0 saturated carbocycles. The summed E-state index contributed by atoms with van der Waals surface area (Å²) in [6.45, 7) is 1.99. The maximum Gasteiger partial charge on any atom is 0.242 e. The molecule has 2 aromatic carbocycles. The van der Waals surface area contributed by atoms with Crippen LogP contribution in [0.5, 0.6) is 0 Å². The number of sulfonamides is 1. The molecule has 0 aliphatic carbocycles. The molecule has 0 radical (unpaired) electrons. The standard InChI is InChI=1S/C22H29N3O4S/c1-18(22(27)23-15-14-19-10-6-4-7-11-19)25(16-20-12-8-5-9-13-20)21(26)17-24(2)30(3,28)29/h4-13,18H,14-17H2,1-3H3,(H,23,27)/t18-/m1/s1. The van der Waals surface area contributed by atoms with E-state index in [1.807, 2.05) is 60.7 Å². The van der Waals surface area contributed by atoms with E-state index in [1.54, 1.807) is 6.92 Å². The fourth-order valence-corrected chi connectivity index (χ4v) is 3.23. The summed E-state index contributed by atoms with van der Waals surface area (Å²) in [5, 5.41) is 2.87. The van der Waals surface area contributed by atoms with Crippen molar-refractivity contribution in [3.8, 4) is 0 Å². The topological polar surface area (TPSA) is 86.8 Å².